The first kappa shape index (κ1) is 14.8. The fourth-order valence-electron chi connectivity index (χ4n) is 1.65. The standard InChI is InChI=1S/C11H23N3O2S/c12-2-9-17-10-11(15)13-3-1-4-14-5-7-16-8-6-14/h1-10,12H2,(H,13,15). The predicted molar refractivity (Wildman–Crippen MR) is 71.3 cm³/mol. The Morgan fingerprint density at radius 2 is 2.18 bits per heavy atom. The van der Waals surface area contributed by atoms with Crippen LogP contribution in [0.15, 0.2) is 0 Å². The van der Waals surface area contributed by atoms with Gasteiger partial charge < -0.3 is 15.8 Å². The van der Waals surface area contributed by atoms with E-state index in [-0.39, 0.29) is 5.91 Å². The number of nitrogens with zero attached hydrogens (tertiary/aromatic N) is 1. The van der Waals surface area contributed by atoms with E-state index in [4.69, 9.17) is 10.5 Å². The molecule has 1 rings (SSSR count). The van der Waals surface area contributed by atoms with Crippen molar-refractivity contribution in [2.45, 2.75) is 6.42 Å². The van der Waals surface area contributed by atoms with Gasteiger partial charge in [-0.3, -0.25) is 9.69 Å². The molecule has 0 aliphatic carbocycles. The second-order valence-corrected chi connectivity index (χ2v) is 5.10. The van der Waals surface area contributed by atoms with Gasteiger partial charge in [0, 0.05) is 31.9 Å². The van der Waals surface area contributed by atoms with Crippen LogP contribution in [0.25, 0.3) is 0 Å². The summed E-state index contributed by atoms with van der Waals surface area (Å²) >= 11 is 1.58. The Hall–Kier alpha value is -0.300. The summed E-state index contributed by atoms with van der Waals surface area (Å²) in [7, 11) is 0. The Bertz CT molecular complexity index is 211. The van der Waals surface area contributed by atoms with Crippen molar-refractivity contribution in [2.75, 3.05) is 57.4 Å². The number of nitrogens with one attached hydrogen (secondary N) is 1. The Morgan fingerprint density at radius 1 is 1.41 bits per heavy atom. The fraction of sp³-hybridized carbons (Fsp3) is 0.909. The number of amides is 1. The molecule has 1 aliphatic heterocycles. The SMILES string of the molecule is NCCSCC(=O)NCCCN1CCOCC1. The van der Waals surface area contributed by atoms with Crippen molar-refractivity contribution < 1.29 is 9.53 Å². The molecule has 0 radical (unpaired) electrons. The second-order valence-electron chi connectivity index (χ2n) is 4.00. The third kappa shape index (κ3) is 7.59. The van der Waals surface area contributed by atoms with Gasteiger partial charge in [-0.05, 0) is 13.0 Å². The van der Waals surface area contributed by atoms with Crippen LogP contribution in [0.1, 0.15) is 6.42 Å². The zero-order chi connectivity index (χ0) is 12.3. The Balaban J connectivity index is 1.90. The van der Waals surface area contributed by atoms with Crippen LogP contribution in [-0.2, 0) is 9.53 Å². The summed E-state index contributed by atoms with van der Waals surface area (Å²) in [6.07, 6.45) is 1.01. The van der Waals surface area contributed by atoms with Crippen LogP contribution in [0.3, 0.4) is 0 Å². The first-order valence-corrected chi connectivity index (χ1v) is 7.33. The van der Waals surface area contributed by atoms with Crippen LogP contribution in [0.5, 0.6) is 0 Å². The number of hydrogen-bond acceptors (Lipinski definition) is 5. The molecule has 6 heteroatoms. The Morgan fingerprint density at radius 3 is 2.88 bits per heavy atom. The van der Waals surface area contributed by atoms with Crippen molar-refractivity contribution in [1.29, 1.82) is 0 Å². The molecule has 1 fully saturated rings. The highest BCUT2D eigenvalue weighted by Crippen LogP contribution is 1.98. The van der Waals surface area contributed by atoms with Gasteiger partial charge in [0.25, 0.3) is 0 Å². The topological polar surface area (TPSA) is 67.6 Å². The van der Waals surface area contributed by atoms with Gasteiger partial charge in [0.2, 0.25) is 5.91 Å². The number of nitrogens with two attached hydrogens (primary N) is 1. The highest BCUT2D eigenvalue weighted by molar-refractivity contribution is 7.99. The number of thioether (sulfide) groups is 1. The van der Waals surface area contributed by atoms with Gasteiger partial charge in [-0.1, -0.05) is 0 Å². The third-order valence-electron chi connectivity index (χ3n) is 2.57. The third-order valence-corrected chi connectivity index (χ3v) is 3.56. The summed E-state index contributed by atoms with van der Waals surface area (Å²) in [4.78, 5) is 13.7. The summed E-state index contributed by atoms with van der Waals surface area (Å²) in [6.45, 7) is 6.14. The van der Waals surface area contributed by atoms with Crippen molar-refractivity contribution in [3.05, 3.63) is 0 Å². The first-order valence-electron chi connectivity index (χ1n) is 6.17. The average Bonchev–Trinajstić information content (AvgIpc) is 2.36. The molecule has 0 bridgehead atoms. The van der Waals surface area contributed by atoms with Crippen molar-refractivity contribution in [1.82, 2.24) is 10.2 Å². The summed E-state index contributed by atoms with van der Waals surface area (Å²) in [5, 5.41) is 2.92. The molecule has 1 aliphatic rings. The van der Waals surface area contributed by atoms with Crippen LogP contribution in [0.2, 0.25) is 0 Å². The average molecular weight is 261 g/mol. The Labute approximate surface area is 107 Å². The van der Waals surface area contributed by atoms with Gasteiger partial charge in [0.05, 0.1) is 19.0 Å². The molecular formula is C11H23N3O2S. The number of rotatable bonds is 8. The maximum atomic E-state index is 11.4. The summed E-state index contributed by atoms with van der Waals surface area (Å²) in [6, 6.07) is 0. The minimum atomic E-state index is 0.116. The summed E-state index contributed by atoms with van der Waals surface area (Å²) < 4.78 is 5.27. The molecule has 0 aromatic rings. The predicted octanol–water partition coefficient (Wildman–Crippen LogP) is -0.483. The highest BCUT2D eigenvalue weighted by atomic mass is 32.2. The van der Waals surface area contributed by atoms with Gasteiger partial charge in [0.1, 0.15) is 0 Å². The molecule has 1 saturated heterocycles. The molecule has 17 heavy (non-hydrogen) atoms. The minimum Gasteiger partial charge on any atom is -0.379 e. The smallest absolute Gasteiger partial charge is 0.229 e. The van der Waals surface area contributed by atoms with E-state index in [9.17, 15) is 4.79 Å². The normalized spacial score (nSPS) is 17.0. The molecule has 0 spiro atoms. The molecule has 0 unspecified atom stereocenters. The summed E-state index contributed by atoms with van der Waals surface area (Å²) in [5.74, 6) is 1.49. The molecule has 3 N–H and O–H groups in total. The maximum Gasteiger partial charge on any atom is 0.229 e. The highest BCUT2D eigenvalue weighted by Gasteiger charge is 2.09. The molecule has 0 atom stereocenters. The first-order chi connectivity index (χ1) is 8.33. The van der Waals surface area contributed by atoms with E-state index in [1.807, 2.05) is 0 Å². The van der Waals surface area contributed by atoms with E-state index in [2.05, 4.69) is 10.2 Å². The Kier molecular flexibility index (Phi) is 8.42. The van der Waals surface area contributed by atoms with Crippen molar-refractivity contribution >= 4 is 17.7 Å². The van der Waals surface area contributed by atoms with E-state index in [0.29, 0.717) is 12.3 Å². The van der Waals surface area contributed by atoms with Crippen molar-refractivity contribution in [2.24, 2.45) is 5.73 Å². The van der Waals surface area contributed by atoms with E-state index in [1.54, 1.807) is 11.8 Å². The lowest BCUT2D eigenvalue weighted by Crippen LogP contribution is -2.38. The van der Waals surface area contributed by atoms with Crippen LogP contribution in [0.4, 0.5) is 0 Å². The largest absolute Gasteiger partial charge is 0.379 e. The van der Waals surface area contributed by atoms with Gasteiger partial charge in [-0.2, -0.15) is 11.8 Å². The molecule has 5 nitrogen and oxygen atoms in total. The van der Waals surface area contributed by atoms with Gasteiger partial charge >= 0.3 is 0 Å². The van der Waals surface area contributed by atoms with Gasteiger partial charge in [-0.25, -0.2) is 0 Å². The van der Waals surface area contributed by atoms with Crippen LogP contribution in [0, 0.1) is 0 Å². The lowest BCUT2D eigenvalue weighted by atomic mass is 10.3. The monoisotopic (exact) mass is 261 g/mol. The number of carbonyl (C=O) groups excluding carboxylic acids is 1. The van der Waals surface area contributed by atoms with E-state index >= 15 is 0 Å². The minimum absolute atomic E-state index is 0.116. The maximum absolute atomic E-state index is 11.4. The number of ether oxygens (including phenoxy) is 1. The van der Waals surface area contributed by atoms with Gasteiger partial charge in [0.15, 0.2) is 0 Å². The lowest BCUT2D eigenvalue weighted by Gasteiger charge is -2.26. The van der Waals surface area contributed by atoms with E-state index < -0.39 is 0 Å². The zero-order valence-electron chi connectivity index (χ0n) is 10.3. The van der Waals surface area contributed by atoms with Crippen LogP contribution >= 0.6 is 11.8 Å². The zero-order valence-corrected chi connectivity index (χ0v) is 11.1. The fourth-order valence-corrected chi connectivity index (χ4v) is 2.25. The molecule has 0 aromatic heterocycles. The van der Waals surface area contributed by atoms with Crippen molar-refractivity contribution in [3.8, 4) is 0 Å². The number of hydrogen-bond donors (Lipinski definition) is 2. The van der Waals surface area contributed by atoms with Gasteiger partial charge in [-0.15, -0.1) is 0 Å². The van der Waals surface area contributed by atoms with E-state index in [1.165, 1.54) is 0 Å². The summed E-state index contributed by atoms with van der Waals surface area (Å²) in [5.41, 5.74) is 5.35. The number of carbonyl (C=O) groups is 1. The molecule has 100 valence electrons. The van der Waals surface area contributed by atoms with Crippen LogP contribution in [-0.4, -0.2) is 68.3 Å². The number of morpholine rings is 1. The van der Waals surface area contributed by atoms with Crippen LogP contribution < -0.4 is 11.1 Å². The van der Waals surface area contributed by atoms with Crippen molar-refractivity contribution in [3.63, 3.8) is 0 Å². The quantitative estimate of drug-likeness (QED) is 0.578. The molecule has 0 saturated carbocycles. The molecule has 0 aromatic carbocycles. The molecule has 1 heterocycles. The second kappa shape index (κ2) is 9.70. The molecular weight excluding hydrogens is 238 g/mol. The van der Waals surface area contributed by atoms with E-state index in [0.717, 1.165) is 51.6 Å². The lowest BCUT2D eigenvalue weighted by molar-refractivity contribution is -0.118. The molecule has 1 amide bonds.